The Hall–Kier alpha value is -1.92. The quantitative estimate of drug-likeness (QED) is 0.0486. The van der Waals surface area contributed by atoms with Crippen LogP contribution in [0.4, 0.5) is 0 Å². The van der Waals surface area contributed by atoms with E-state index in [1.165, 1.54) is 180 Å². The summed E-state index contributed by atoms with van der Waals surface area (Å²) < 4.78 is 11.2. The topological polar surface area (TPSA) is 59.1 Å². The van der Waals surface area contributed by atoms with E-state index in [0.717, 1.165) is 52.1 Å². The highest BCUT2D eigenvalue weighted by atomic mass is 16.5. The number of benzene rings is 1. The molecule has 0 aliphatic carbocycles. The second-order valence-electron chi connectivity index (χ2n) is 16.6. The van der Waals surface area contributed by atoms with Crippen molar-refractivity contribution in [3.8, 4) is 0 Å². The van der Waals surface area contributed by atoms with E-state index in [2.05, 4.69) is 37.5 Å². The fourth-order valence-electron chi connectivity index (χ4n) is 7.76. The van der Waals surface area contributed by atoms with Crippen molar-refractivity contribution < 1.29 is 19.1 Å². The van der Waals surface area contributed by atoms with Crippen LogP contribution in [0.3, 0.4) is 0 Å². The van der Waals surface area contributed by atoms with E-state index in [0.29, 0.717) is 24.3 Å². The third kappa shape index (κ3) is 31.1. The first-order valence-electron chi connectivity index (χ1n) is 24.4. The van der Waals surface area contributed by atoms with Crippen molar-refractivity contribution in [2.45, 2.75) is 220 Å². The normalized spacial score (nSPS) is 11.5. The summed E-state index contributed by atoms with van der Waals surface area (Å²) in [4.78, 5) is 30.5. The fraction of sp³-hybridized carbons (Fsp3) is 0.840. The van der Waals surface area contributed by atoms with Crippen LogP contribution >= 0.6 is 0 Å². The predicted octanol–water partition coefficient (Wildman–Crippen LogP) is 14.4. The minimum Gasteiger partial charge on any atom is -0.462 e. The molecule has 0 saturated carbocycles. The molecular formula is C50H92N2O4. The summed E-state index contributed by atoms with van der Waals surface area (Å²) in [6.07, 6.45) is 40.3. The van der Waals surface area contributed by atoms with Gasteiger partial charge in [0.05, 0.1) is 24.3 Å². The van der Waals surface area contributed by atoms with Crippen LogP contribution in [0.5, 0.6) is 0 Å². The Morgan fingerprint density at radius 1 is 0.393 bits per heavy atom. The van der Waals surface area contributed by atoms with Gasteiger partial charge in [-0.05, 0) is 70.1 Å². The molecule has 326 valence electrons. The predicted molar refractivity (Wildman–Crippen MR) is 241 cm³/mol. The molecule has 0 bridgehead atoms. The Morgan fingerprint density at radius 3 is 0.946 bits per heavy atom. The Kier molecular flexibility index (Phi) is 37.1. The van der Waals surface area contributed by atoms with Crippen LogP contribution in [-0.2, 0) is 9.47 Å². The third-order valence-corrected chi connectivity index (χ3v) is 11.6. The largest absolute Gasteiger partial charge is 0.462 e. The van der Waals surface area contributed by atoms with Gasteiger partial charge in [-0.15, -0.1) is 0 Å². The third-order valence-electron chi connectivity index (χ3n) is 11.6. The van der Waals surface area contributed by atoms with Crippen molar-refractivity contribution in [2.75, 3.05) is 52.5 Å². The lowest BCUT2D eigenvalue weighted by Crippen LogP contribution is -2.27. The Morgan fingerprint density at radius 2 is 0.661 bits per heavy atom. The zero-order valence-corrected chi connectivity index (χ0v) is 37.7. The van der Waals surface area contributed by atoms with Crippen molar-refractivity contribution >= 4 is 11.9 Å². The van der Waals surface area contributed by atoms with E-state index in [-0.39, 0.29) is 11.9 Å². The molecule has 0 radical (unpaired) electrons. The van der Waals surface area contributed by atoms with Gasteiger partial charge < -0.3 is 19.3 Å². The van der Waals surface area contributed by atoms with Crippen LogP contribution in [-0.4, -0.2) is 74.2 Å². The van der Waals surface area contributed by atoms with Crippen LogP contribution in [0.2, 0.25) is 0 Å². The lowest BCUT2D eigenvalue weighted by atomic mass is 10.0. The van der Waals surface area contributed by atoms with Gasteiger partial charge in [0.2, 0.25) is 0 Å². The summed E-state index contributed by atoms with van der Waals surface area (Å²) in [6, 6.07) is 6.76. The summed E-state index contributed by atoms with van der Waals surface area (Å²) in [5.41, 5.74) is 0.805. The van der Waals surface area contributed by atoms with Crippen molar-refractivity contribution in [1.82, 2.24) is 9.80 Å². The molecule has 0 amide bonds. The van der Waals surface area contributed by atoms with Crippen molar-refractivity contribution in [1.29, 1.82) is 0 Å². The van der Waals surface area contributed by atoms with Gasteiger partial charge in [-0.25, -0.2) is 9.59 Å². The maximum atomic E-state index is 12.8. The van der Waals surface area contributed by atoms with E-state index in [1.807, 2.05) is 0 Å². The fourth-order valence-corrected chi connectivity index (χ4v) is 7.76. The number of carbonyl (C=O) groups excluding carboxylic acids is 2. The number of ether oxygens (including phenoxy) is 2. The molecule has 56 heavy (non-hydrogen) atoms. The zero-order chi connectivity index (χ0) is 40.6. The summed E-state index contributed by atoms with van der Waals surface area (Å²) >= 11 is 0. The van der Waals surface area contributed by atoms with Crippen molar-refractivity contribution in [2.24, 2.45) is 0 Å². The molecule has 0 heterocycles. The van der Waals surface area contributed by atoms with Crippen LogP contribution in [0.1, 0.15) is 241 Å². The van der Waals surface area contributed by atoms with Gasteiger partial charge in [0, 0.05) is 13.1 Å². The maximum Gasteiger partial charge on any atom is 0.338 e. The molecule has 1 aromatic carbocycles. The lowest BCUT2D eigenvalue weighted by Gasteiger charge is -2.20. The van der Waals surface area contributed by atoms with E-state index >= 15 is 0 Å². The van der Waals surface area contributed by atoms with Crippen molar-refractivity contribution in [3.05, 3.63) is 35.4 Å². The van der Waals surface area contributed by atoms with E-state index < -0.39 is 0 Å². The molecule has 0 N–H and O–H groups in total. The molecule has 0 aliphatic rings. The summed E-state index contributed by atoms with van der Waals surface area (Å²) in [6.45, 7) is 15.9. The minimum absolute atomic E-state index is 0.378. The smallest absolute Gasteiger partial charge is 0.338 e. The molecule has 0 saturated heterocycles. The molecule has 0 fully saturated rings. The summed E-state index contributed by atoms with van der Waals surface area (Å²) in [7, 11) is 0. The molecule has 1 rings (SSSR count). The number of hydrogen-bond donors (Lipinski definition) is 0. The highest BCUT2D eigenvalue weighted by molar-refractivity contribution is 5.95. The highest BCUT2D eigenvalue weighted by Gasteiger charge is 2.13. The Balaban J connectivity index is 2.09. The first-order valence-corrected chi connectivity index (χ1v) is 24.4. The van der Waals surface area contributed by atoms with Crippen molar-refractivity contribution in [3.63, 3.8) is 0 Å². The van der Waals surface area contributed by atoms with Gasteiger partial charge >= 0.3 is 11.9 Å². The average Bonchev–Trinajstić information content (AvgIpc) is 3.22. The molecule has 0 atom stereocenters. The van der Waals surface area contributed by atoms with Crippen LogP contribution < -0.4 is 0 Å². The molecular weight excluding hydrogens is 693 g/mol. The molecule has 0 spiro atoms. The summed E-state index contributed by atoms with van der Waals surface area (Å²) in [5.74, 6) is -0.756. The standard InChI is InChI=1S/C50H92N2O4/c1-5-9-11-13-15-17-19-21-23-25-27-29-31-33-40-51(7-3)42-36-44-55-49(53)47-38-35-39-48(46-47)50(54)56-45-37-43-52(8-4)41-34-32-30-28-26-24-22-20-18-16-14-12-10-6-2/h35,38-39,46H,5-34,36-37,40-45H2,1-4H3. The number of unbranched alkanes of at least 4 members (excludes halogenated alkanes) is 26. The van der Waals surface area contributed by atoms with E-state index in [1.54, 1.807) is 24.3 Å². The lowest BCUT2D eigenvalue weighted by molar-refractivity contribution is 0.0487. The minimum atomic E-state index is -0.378. The molecule has 0 aromatic heterocycles. The van der Waals surface area contributed by atoms with Crippen LogP contribution in [0, 0.1) is 0 Å². The number of nitrogens with zero attached hydrogens (tertiary/aromatic N) is 2. The van der Waals surface area contributed by atoms with E-state index in [9.17, 15) is 9.59 Å². The number of esters is 2. The number of carbonyl (C=O) groups is 2. The van der Waals surface area contributed by atoms with Gasteiger partial charge in [0.1, 0.15) is 0 Å². The van der Waals surface area contributed by atoms with Crippen LogP contribution in [0.25, 0.3) is 0 Å². The number of hydrogen-bond acceptors (Lipinski definition) is 6. The molecule has 1 aromatic rings. The monoisotopic (exact) mass is 785 g/mol. The van der Waals surface area contributed by atoms with Gasteiger partial charge in [-0.3, -0.25) is 0 Å². The molecule has 6 nitrogen and oxygen atoms in total. The van der Waals surface area contributed by atoms with Gasteiger partial charge in [0.15, 0.2) is 0 Å². The van der Waals surface area contributed by atoms with Gasteiger partial charge in [-0.2, -0.15) is 0 Å². The second kappa shape index (κ2) is 39.9. The molecule has 0 aliphatic heterocycles. The van der Waals surface area contributed by atoms with Gasteiger partial charge in [-0.1, -0.05) is 201 Å². The molecule has 0 unspecified atom stereocenters. The second-order valence-corrected chi connectivity index (χ2v) is 16.6. The Bertz CT molecular complexity index is 941. The first kappa shape index (κ1) is 52.1. The van der Waals surface area contributed by atoms with E-state index in [4.69, 9.17) is 9.47 Å². The molecule has 6 heteroatoms. The SMILES string of the molecule is CCCCCCCCCCCCCCCCN(CC)CCCOC(=O)c1cccc(C(=O)OCCCN(CC)CCCCCCCCCCCCCCCC)c1. The maximum absolute atomic E-state index is 12.8. The highest BCUT2D eigenvalue weighted by Crippen LogP contribution is 2.15. The first-order chi connectivity index (χ1) is 27.5. The number of rotatable bonds is 42. The zero-order valence-electron chi connectivity index (χ0n) is 37.7. The van der Waals surface area contributed by atoms with Crippen LogP contribution in [0.15, 0.2) is 24.3 Å². The summed E-state index contributed by atoms with van der Waals surface area (Å²) in [5, 5.41) is 0. The van der Waals surface area contributed by atoms with Gasteiger partial charge in [0.25, 0.3) is 0 Å². The Labute approximate surface area is 348 Å². The average molecular weight is 785 g/mol.